The molecule has 0 unspecified atom stereocenters. The molecule has 0 fully saturated rings. The van der Waals surface area contributed by atoms with Gasteiger partial charge in [-0.2, -0.15) is 0 Å². The second-order valence-corrected chi connectivity index (χ2v) is 3.46. The summed E-state index contributed by atoms with van der Waals surface area (Å²) in [7, 11) is 0. The molecule has 5 heteroatoms. The van der Waals surface area contributed by atoms with Gasteiger partial charge in [0.2, 0.25) is 0 Å². The van der Waals surface area contributed by atoms with Gasteiger partial charge in [0.05, 0.1) is 6.54 Å². The normalized spacial score (nSPS) is 10.4. The van der Waals surface area contributed by atoms with Crippen molar-refractivity contribution in [1.82, 2.24) is 10.6 Å². The Hall–Kier alpha value is -1.11. The van der Waals surface area contributed by atoms with Gasteiger partial charge in [0, 0.05) is 18.7 Å². The molecule has 0 heterocycles. The van der Waals surface area contributed by atoms with Crippen LogP contribution >= 0.6 is 24.0 Å². The van der Waals surface area contributed by atoms with Gasteiger partial charge in [-0.25, -0.2) is 9.38 Å². The fourth-order valence-corrected chi connectivity index (χ4v) is 1.30. The average molecular weight is 363 g/mol. The number of hydrogen-bond donors (Lipinski definition) is 2. The molecule has 2 N–H and O–H groups in total. The van der Waals surface area contributed by atoms with Gasteiger partial charge in [-0.1, -0.05) is 24.3 Å². The first-order valence-corrected chi connectivity index (χ1v) is 5.64. The van der Waals surface area contributed by atoms with Gasteiger partial charge in [0.15, 0.2) is 5.96 Å². The summed E-state index contributed by atoms with van der Waals surface area (Å²) in [6.07, 6.45) is 1.75. The highest BCUT2D eigenvalue weighted by atomic mass is 127. The van der Waals surface area contributed by atoms with Gasteiger partial charge in [0.1, 0.15) is 5.82 Å². The van der Waals surface area contributed by atoms with Gasteiger partial charge in [-0.15, -0.1) is 30.6 Å². The van der Waals surface area contributed by atoms with E-state index in [4.69, 9.17) is 0 Å². The van der Waals surface area contributed by atoms with E-state index in [-0.39, 0.29) is 29.8 Å². The van der Waals surface area contributed by atoms with E-state index in [2.05, 4.69) is 22.2 Å². The van der Waals surface area contributed by atoms with Crippen molar-refractivity contribution in [2.24, 2.45) is 4.99 Å². The number of nitrogens with one attached hydrogen (secondary N) is 2. The van der Waals surface area contributed by atoms with Gasteiger partial charge in [0.25, 0.3) is 0 Å². The lowest BCUT2D eigenvalue weighted by atomic mass is 10.2. The molecule has 0 bridgehead atoms. The predicted octanol–water partition coefficient (Wildman–Crippen LogP) is 2.68. The van der Waals surface area contributed by atoms with Crippen molar-refractivity contribution in [2.75, 3.05) is 13.1 Å². The summed E-state index contributed by atoms with van der Waals surface area (Å²) in [5, 5.41) is 6.13. The van der Waals surface area contributed by atoms with Crippen molar-refractivity contribution in [2.45, 2.75) is 13.5 Å². The molecule has 0 aromatic heterocycles. The number of guanidine groups is 1. The largest absolute Gasteiger partial charge is 0.357 e. The van der Waals surface area contributed by atoms with Crippen molar-refractivity contribution >= 4 is 29.9 Å². The summed E-state index contributed by atoms with van der Waals surface area (Å²) < 4.78 is 13.4. The first kappa shape index (κ1) is 16.9. The van der Waals surface area contributed by atoms with Crippen LogP contribution in [0.1, 0.15) is 12.5 Å². The van der Waals surface area contributed by atoms with Crippen LogP contribution in [0.5, 0.6) is 0 Å². The van der Waals surface area contributed by atoms with Crippen molar-refractivity contribution in [1.29, 1.82) is 0 Å². The zero-order chi connectivity index (χ0) is 12.5. The zero-order valence-electron chi connectivity index (χ0n) is 10.4. The van der Waals surface area contributed by atoms with Crippen molar-refractivity contribution in [3.05, 3.63) is 48.3 Å². The molecule has 0 aliphatic rings. The van der Waals surface area contributed by atoms with Crippen LogP contribution in [-0.2, 0) is 6.54 Å². The SMILES string of the molecule is C=CCNC(=NCc1ccccc1F)NCC.I. The molecule has 0 aliphatic carbocycles. The van der Waals surface area contributed by atoms with Crippen LogP contribution in [0.3, 0.4) is 0 Å². The van der Waals surface area contributed by atoms with Crippen molar-refractivity contribution in [3.63, 3.8) is 0 Å². The lowest BCUT2D eigenvalue weighted by Gasteiger charge is -2.09. The van der Waals surface area contributed by atoms with E-state index in [9.17, 15) is 4.39 Å². The Kier molecular flexibility index (Phi) is 9.26. The number of aliphatic imine (C=N–C) groups is 1. The molecule has 3 nitrogen and oxygen atoms in total. The minimum atomic E-state index is -0.226. The Labute approximate surface area is 125 Å². The highest BCUT2D eigenvalue weighted by molar-refractivity contribution is 14.0. The molecule has 0 saturated carbocycles. The predicted molar refractivity (Wildman–Crippen MR) is 84.8 cm³/mol. The summed E-state index contributed by atoms with van der Waals surface area (Å²) in [6.45, 7) is 7.31. The minimum Gasteiger partial charge on any atom is -0.357 e. The van der Waals surface area contributed by atoms with Crippen LogP contribution in [0.4, 0.5) is 4.39 Å². The second kappa shape index (κ2) is 9.87. The van der Waals surface area contributed by atoms with E-state index in [1.807, 2.05) is 6.92 Å². The van der Waals surface area contributed by atoms with E-state index < -0.39 is 0 Å². The van der Waals surface area contributed by atoms with Crippen LogP contribution in [0.2, 0.25) is 0 Å². The monoisotopic (exact) mass is 363 g/mol. The zero-order valence-corrected chi connectivity index (χ0v) is 12.8. The molecule has 0 spiro atoms. The molecule has 1 aromatic rings. The topological polar surface area (TPSA) is 36.4 Å². The van der Waals surface area contributed by atoms with Crippen LogP contribution < -0.4 is 10.6 Å². The van der Waals surface area contributed by atoms with Crippen molar-refractivity contribution in [3.8, 4) is 0 Å². The molecule has 0 amide bonds. The van der Waals surface area contributed by atoms with E-state index in [0.29, 0.717) is 24.6 Å². The maximum Gasteiger partial charge on any atom is 0.191 e. The molecule has 0 radical (unpaired) electrons. The highest BCUT2D eigenvalue weighted by Gasteiger charge is 2.00. The summed E-state index contributed by atoms with van der Waals surface area (Å²) >= 11 is 0. The lowest BCUT2D eigenvalue weighted by Crippen LogP contribution is -2.37. The third-order valence-corrected chi connectivity index (χ3v) is 2.12. The molecule has 100 valence electrons. The molecular weight excluding hydrogens is 344 g/mol. The van der Waals surface area contributed by atoms with E-state index in [1.165, 1.54) is 6.07 Å². The Morgan fingerprint density at radius 2 is 2.11 bits per heavy atom. The Bertz CT molecular complexity index is 394. The van der Waals surface area contributed by atoms with Crippen molar-refractivity contribution < 1.29 is 4.39 Å². The smallest absolute Gasteiger partial charge is 0.191 e. The number of halogens is 2. The van der Waals surface area contributed by atoms with Crippen LogP contribution in [-0.4, -0.2) is 19.0 Å². The molecule has 1 rings (SSSR count). The van der Waals surface area contributed by atoms with Gasteiger partial charge in [-0.05, 0) is 13.0 Å². The van der Waals surface area contributed by atoms with Gasteiger partial charge < -0.3 is 10.6 Å². The maximum absolute atomic E-state index is 13.4. The Balaban J connectivity index is 0.00000289. The molecule has 0 atom stereocenters. The van der Waals surface area contributed by atoms with Crippen LogP contribution in [0, 0.1) is 5.82 Å². The maximum atomic E-state index is 13.4. The molecule has 0 saturated heterocycles. The van der Waals surface area contributed by atoms with Crippen LogP contribution in [0.15, 0.2) is 41.9 Å². The Morgan fingerprint density at radius 3 is 2.72 bits per heavy atom. The van der Waals surface area contributed by atoms with Gasteiger partial charge >= 0.3 is 0 Å². The first-order valence-electron chi connectivity index (χ1n) is 5.64. The Morgan fingerprint density at radius 1 is 1.39 bits per heavy atom. The van der Waals surface area contributed by atoms with Gasteiger partial charge in [-0.3, -0.25) is 0 Å². The van der Waals surface area contributed by atoms with E-state index in [1.54, 1.807) is 24.3 Å². The highest BCUT2D eigenvalue weighted by Crippen LogP contribution is 2.07. The number of nitrogens with zero attached hydrogens (tertiary/aromatic N) is 1. The first-order chi connectivity index (χ1) is 8.27. The molecular formula is C13H19FIN3. The number of hydrogen-bond acceptors (Lipinski definition) is 1. The number of rotatable bonds is 5. The average Bonchev–Trinajstić information content (AvgIpc) is 2.34. The quantitative estimate of drug-likeness (QED) is 0.365. The fraction of sp³-hybridized carbons (Fsp3) is 0.308. The van der Waals surface area contributed by atoms with E-state index in [0.717, 1.165) is 6.54 Å². The third-order valence-electron chi connectivity index (χ3n) is 2.12. The summed E-state index contributed by atoms with van der Waals surface area (Å²) in [5.41, 5.74) is 0.586. The lowest BCUT2D eigenvalue weighted by molar-refractivity contribution is 0.610. The number of benzene rings is 1. The van der Waals surface area contributed by atoms with Crippen LogP contribution in [0.25, 0.3) is 0 Å². The fourth-order valence-electron chi connectivity index (χ4n) is 1.30. The summed E-state index contributed by atoms with van der Waals surface area (Å²) in [5.74, 6) is 0.437. The molecule has 0 aliphatic heterocycles. The summed E-state index contributed by atoms with van der Waals surface area (Å²) in [6, 6.07) is 6.65. The molecule has 1 aromatic carbocycles. The van der Waals surface area contributed by atoms with E-state index >= 15 is 0 Å². The standard InChI is InChI=1S/C13H18FN3.HI/c1-3-9-16-13(15-4-2)17-10-11-7-5-6-8-12(11)14;/h3,5-8H,1,4,9-10H2,2H3,(H2,15,16,17);1H. The third kappa shape index (κ3) is 6.00. The molecule has 18 heavy (non-hydrogen) atoms. The second-order valence-electron chi connectivity index (χ2n) is 3.46. The summed E-state index contributed by atoms with van der Waals surface area (Å²) in [4.78, 5) is 4.29. The minimum absolute atomic E-state index is 0.